The number of aryl methyl sites for hydroxylation is 1. The van der Waals surface area contributed by atoms with E-state index in [1.807, 2.05) is 6.07 Å². The molecular formula is C7H4Cl3FN2S. The molecule has 76 valence electrons. The van der Waals surface area contributed by atoms with Crippen molar-refractivity contribution in [2.75, 3.05) is 0 Å². The molecule has 0 spiro atoms. The zero-order valence-electron chi connectivity index (χ0n) is 6.87. The normalized spacial score (nSPS) is 11.4. The topological polar surface area (TPSA) is 39.6 Å². The smallest absolute Gasteiger partial charge is 0.309 e. The number of aromatic nitrogens is 1. The Kier molecular flexibility index (Phi) is 3.59. The molecule has 0 saturated heterocycles. The van der Waals surface area contributed by atoms with Crippen LogP contribution in [0.25, 0.3) is 0 Å². The molecular weight excluding hydrogens is 270 g/mol. The molecule has 1 N–H and O–H groups in total. The van der Waals surface area contributed by atoms with Gasteiger partial charge < -0.3 is 4.98 Å². The predicted octanol–water partition coefficient (Wildman–Crippen LogP) is 4.00. The van der Waals surface area contributed by atoms with Crippen molar-refractivity contribution in [3.63, 3.8) is 0 Å². The van der Waals surface area contributed by atoms with Crippen molar-refractivity contribution in [3.05, 3.63) is 16.4 Å². The van der Waals surface area contributed by atoms with Crippen LogP contribution in [0, 0.1) is 18.3 Å². The summed E-state index contributed by atoms with van der Waals surface area (Å²) in [6.45, 7) is 1.65. The van der Waals surface area contributed by atoms with Crippen LogP contribution in [0.5, 0.6) is 0 Å². The molecule has 0 aliphatic carbocycles. The SMILES string of the molecule is Cc1[nH]c(Cl)c(C#N)c1SC(F)(Cl)Cl. The molecule has 1 rings (SSSR count). The molecule has 0 amide bonds. The van der Waals surface area contributed by atoms with E-state index in [0.29, 0.717) is 22.4 Å². The lowest BCUT2D eigenvalue weighted by Crippen LogP contribution is -1.96. The Morgan fingerprint density at radius 1 is 1.57 bits per heavy atom. The first-order valence-electron chi connectivity index (χ1n) is 3.39. The van der Waals surface area contributed by atoms with Crippen molar-refractivity contribution in [2.45, 2.75) is 15.7 Å². The van der Waals surface area contributed by atoms with E-state index in [-0.39, 0.29) is 10.7 Å². The minimum Gasteiger partial charge on any atom is -0.348 e. The maximum absolute atomic E-state index is 12.9. The first kappa shape index (κ1) is 12.0. The van der Waals surface area contributed by atoms with Crippen molar-refractivity contribution >= 4 is 46.6 Å². The maximum Gasteiger partial charge on any atom is 0.309 e. The number of H-pyrrole nitrogens is 1. The van der Waals surface area contributed by atoms with Gasteiger partial charge in [0.25, 0.3) is 0 Å². The summed E-state index contributed by atoms with van der Waals surface area (Å²) < 4.78 is 10.4. The Labute approximate surface area is 99.3 Å². The summed E-state index contributed by atoms with van der Waals surface area (Å²) in [5.74, 6) is 0. The van der Waals surface area contributed by atoms with Crippen LogP contribution in [0.2, 0.25) is 5.15 Å². The number of nitrogens with one attached hydrogen (secondary N) is 1. The zero-order chi connectivity index (χ0) is 10.9. The Morgan fingerprint density at radius 3 is 2.57 bits per heavy atom. The first-order chi connectivity index (χ1) is 6.35. The zero-order valence-corrected chi connectivity index (χ0v) is 9.95. The number of hydrogen-bond acceptors (Lipinski definition) is 2. The highest BCUT2D eigenvalue weighted by Gasteiger charge is 2.28. The summed E-state index contributed by atoms with van der Waals surface area (Å²) in [6, 6.07) is 1.84. The molecule has 0 atom stereocenters. The van der Waals surface area contributed by atoms with E-state index in [1.165, 1.54) is 0 Å². The highest BCUT2D eigenvalue weighted by atomic mass is 35.5. The maximum atomic E-state index is 12.9. The van der Waals surface area contributed by atoms with E-state index >= 15 is 0 Å². The van der Waals surface area contributed by atoms with Crippen LogP contribution in [-0.2, 0) is 0 Å². The van der Waals surface area contributed by atoms with Crippen molar-refractivity contribution < 1.29 is 4.39 Å². The molecule has 1 heterocycles. The van der Waals surface area contributed by atoms with Crippen molar-refractivity contribution in [2.24, 2.45) is 0 Å². The lowest BCUT2D eigenvalue weighted by molar-refractivity contribution is 0.515. The summed E-state index contributed by atoms with van der Waals surface area (Å²) in [5, 5.41) is 8.89. The van der Waals surface area contributed by atoms with E-state index in [2.05, 4.69) is 4.98 Å². The molecule has 0 aliphatic rings. The number of nitriles is 1. The second-order valence-corrected chi connectivity index (χ2v) is 5.66. The van der Waals surface area contributed by atoms with E-state index < -0.39 is 3.92 Å². The van der Waals surface area contributed by atoms with E-state index in [4.69, 9.17) is 40.1 Å². The quantitative estimate of drug-likeness (QED) is 0.653. The van der Waals surface area contributed by atoms with Gasteiger partial charge in [-0.15, -0.1) is 0 Å². The third kappa shape index (κ3) is 2.71. The molecule has 14 heavy (non-hydrogen) atoms. The Hall–Kier alpha value is -0.0800. The molecule has 7 heteroatoms. The molecule has 0 unspecified atom stereocenters. The molecule has 0 bridgehead atoms. The molecule has 0 aromatic carbocycles. The summed E-state index contributed by atoms with van der Waals surface area (Å²) >= 11 is 16.6. The lowest BCUT2D eigenvalue weighted by atomic mass is 10.3. The van der Waals surface area contributed by atoms with Gasteiger partial charge in [-0.05, 0) is 18.7 Å². The van der Waals surface area contributed by atoms with Crippen LogP contribution < -0.4 is 0 Å². The highest BCUT2D eigenvalue weighted by Crippen LogP contribution is 2.45. The summed E-state index contributed by atoms with van der Waals surface area (Å²) in [6.07, 6.45) is 0. The van der Waals surface area contributed by atoms with Crippen LogP contribution in [0.3, 0.4) is 0 Å². The van der Waals surface area contributed by atoms with Crippen molar-refractivity contribution in [1.29, 1.82) is 5.26 Å². The van der Waals surface area contributed by atoms with Crippen molar-refractivity contribution in [3.8, 4) is 6.07 Å². The van der Waals surface area contributed by atoms with Gasteiger partial charge in [-0.25, -0.2) is 0 Å². The second kappa shape index (κ2) is 4.19. The fourth-order valence-corrected chi connectivity index (χ4v) is 2.40. The molecule has 0 fully saturated rings. The summed E-state index contributed by atoms with van der Waals surface area (Å²) in [4.78, 5) is 3.01. The summed E-state index contributed by atoms with van der Waals surface area (Å²) in [5.41, 5.74) is 0.706. The van der Waals surface area contributed by atoms with Gasteiger partial charge in [0.2, 0.25) is 0 Å². The Morgan fingerprint density at radius 2 is 2.14 bits per heavy atom. The minimum atomic E-state index is -2.47. The number of hydrogen-bond donors (Lipinski definition) is 1. The van der Waals surface area contributed by atoms with Gasteiger partial charge in [0, 0.05) is 5.69 Å². The number of aromatic amines is 1. The highest BCUT2D eigenvalue weighted by molar-refractivity contribution is 8.03. The molecule has 0 aliphatic heterocycles. The average molecular weight is 274 g/mol. The predicted molar refractivity (Wildman–Crippen MR) is 56.7 cm³/mol. The molecule has 0 radical (unpaired) electrons. The number of thioether (sulfide) groups is 1. The van der Waals surface area contributed by atoms with Gasteiger partial charge in [-0.2, -0.15) is 9.65 Å². The van der Waals surface area contributed by atoms with E-state index in [1.54, 1.807) is 6.92 Å². The van der Waals surface area contributed by atoms with Gasteiger partial charge >= 0.3 is 3.92 Å². The van der Waals surface area contributed by atoms with Crippen LogP contribution in [0.1, 0.15) is 11.3 Å². The van der Waals surface area contributed by atoms with Crippen molar-refractivity contribution in [1.82, 2.24) is 4.98 Å². The minimum absolute atomic E-state index is 0.150. The third-order valence-corrected chi connectivity index (χ3v) is 3.11. The van der Waals surface area contributed by atoms with Crippen LogP contribution in [-0.4, -0.2) is 8.90 Å². The van der Waals surface area contributed by atoms with Gasteiger partial charge in [0.05, 0.1) is 4.90 Å². The Balaban J connectivity index is 3.15. The average Bonchev–Trinajstić information content (AvgIpc) is 2.24. The van der Waals surface area contributed by atoms with E-state index in [0.717, 1.165) is 0 Å². The van der Waals surface area contributed by atoms with Crippen LogP contribution in [0.4, 0.5) is 4.39 Å². The van der Waals surface area contributed by atoms with Gasteiger partial charge in [-0.3, -0.25) is 0 Å². The first-order valence-corrected chi connectivity index (χ1v) is 5.34. The van der Waals surface area contributed by atoms with E-state index in [9.17, 15) is 4.39 Å². The van der Waals surface area contributed by atoms with Crippen LogP contribution >= 0.6 is 46.6 Å². The van der Waals surface area contributed by atoms with Gasteiger partial charge in [0.1, 0.15) is 16.8 Å². The number of nitrogens with zero attached hydrogens (tertiary/aromatic N) is 1. The second-order valence-electron chi connectivity index (χ2n) is 2.43. The fraction of sp³-hybridized carbons (Fsp3) is 0.286. The molecule has 1 aromatic heterocycles. The largest absolute Gasteiger partial charge is 0.348 e. The standard InChI is InChI=1S/C7H4Cl3FN2S/c1-3-5(14-7(9,10)11)4(2-12)6(8)13-3/h13H,1H3. The van der Waals surface area contributed by atoms with Gasteiger partial charge in [0.15, 0.2) is 0 Å². The van der Waals surface area contributed by atoms with Gasteiger partial charge in [-0.1, -0.05) is 34.8 Å². The molecule has 1 aromatic rings. The molecule has 2 nitrogen and oxygen atoms in total. The lowest BCUT2D eigenvalue weighted by Gasteiger charge is -2.07. The number of rotatable bonds is 2. The monoisotopic (exact) mass is 272 g/mol. The Bertz CT molecular complexity index is 391. The fourth-order valence-electron chi connectivity index (χ4n) is 0.914. The number of alkyl halides is 3. The number of halogens is 4. The summed E-state index contributed by atoms with van der Waals surface area (Å²) in [7, 11) is 0. The third-order valence-electron chi connectivity index (χ3n) is 1.41. The van der Waals surface area contributed by atoms with Crippen LogP contribution in [0.15, 0.2) is 4.90 Å². The molecule has 0 saturated carbocycles.